The van der Waals surface area contributed by atoms with E-state index in [-0.39, 0.29) is 0 Å². The van der Waals surface area contributed by atoms with Gasteiger partial charge >= 0.3 is 0 Å². The Kier molecular flexibility index (Phi) is 14.9. The summed E-state index contributed by atoms with van der Waals surface area (Å²) in [7, 11) is 0. The summed E-state index contributed by atoms with van der Waals surface area (Å²) in [5, 5.41) is 0. The predicted octanol–water partition coefficient (Wildman–Crippen LogP) is 10.0. The van der Waals surface area contributed by atoms with Gasteiger partial charge < -0.3 is 0 Å². The molecule has 4 aliphatic rings. The normalized spacial score (nSPS) is 28.9. The molecule has 0 aromatic rings. The highest BCUT2D eigenvalue weighted by Gasteiger charge is 2.14. The van der Waals surface area contributed by atoms with Crippen molar-refractivity contribution in [1.82, 2.24) is 0 Å². The molecule has 0 bridgehead atoms. The van der Waals surface area contributed by atoms with Gasteiger partial charge in [-0.1, -0.05) is 83.4 Å². The first-order chi connectivity index (χ1) is 15.2. The lowest BCUT2D eigenvalue weighted by Gasteiger charge is -2.19. The Labute approximate surface area is 201 Å². The van der Waals surface area contributed by atoms with Crippen LogP contribution >= 0.6 is 0 Å². The molecule has 32 heavy (non-hydrogen) atoms. The van der Waals surface area contributed by atoms with Gasteiger partial charge in [-0.05, 0) is 94.3 Å². The first kappa shape index (κ1) is 28.9. The first-order valence-corrected chi connectivity index (χ1v) is 13.7. The SMILES string of the molecule is C=C1CCCC(C)C1.C=C1CCCC(C)C1.C=C1CCCCC1C.CC1CCC(=O)CC1. The number of hydrogen-bond acceptors (Lipinski definition) is 1. The fourth-order valence-corrected chi connectivity index (χ4v) is 5.13. The smallest absolute Gasteiger partial charge is 0.132 e. The van der Waals surface area contributed by atoms with Crippen molar-refractivity contribution in [3.05, 3.63) is 36.5 Å². The molecule has 3 unspecified atom stereocenters. The highest BCUT2D eigenvalue weighted by Crippen LogP contribution is 2.27. The van der Waals surface area contributed by atoms with Gasteiger partial charge in [-0.2, -0.15) is 0 Å². The van der Waals surface area contributed by atoms with Crippen LogP contribution in [-0.4, -0.2) is 5.78 Å². The zero-order valence-corrected chi connectivity index (χ0v) is 22.2. The monoisotopic (exact) mass is 442 g/mol. The summed E-state index contributed by atoms with van der Waals surface area (Å²) in [5.41, 5.74) is 4.39. The van der Waals surface area contributed by atoms with Crippen molar-refractivity contribution >= 4 is 5.78 Å². The summed E-state index contributed by atoms with van der Waals surface area (Å²) in [6, 6.07) is 0. The van der Waals surface area contributed by atoms with Crippen LogP contribution in [0.3, 0.4) is 0 Å². The van der Waals surface area contributed by atoms with Crippen LogP contribution in [0.2, 0.25) is 0 Å². The van der Waals surface area contributed by atoms with Gasteiger partial charge in [0.1, 0.15) is 5.78 Å². The van der Waals surface area contributed by atoms with Gasteiger partial charge in [-0.25, -0.2) is 0 Å². The van der Waals surface area contributed by atoms with Crippen molar-refractivity contribution in [3.63, 3.8) is 0 Å². The number of ketones is 1. The predicted molar refractivity (Wildman–Crippen MR) is 143 cm³/mol. The Morgan fingerprint density at radius 2 is 1.06 bits per heavy atom. The van der Waals surface area contributed by atoms with Crippen molar-refractivity contribution < 1.29 is 4.79 Å². The molecule has 3 atom stereocenters. The van der Waals surface area contributed by atoms with Crippen molar-refractivity contribution in [2.75, 3.05) is 0 Å². The first-order valence-electron chi connectivity index (χ1n) is 13.7. The van der Waals surface area contributed by atoms with E-state index < -0.39 is 0 Å². The largest absolute Gasteiger partial charge is 0.300 e. The molecule has 1 heteroatoms. The summed E-state index contributed by atoms with van der Waals surface area (Å²) in [5.74, 6) is 3.90. The molecule has 184 valence electrons. The number of allylic oxidation sites excluding steroid dienone is 3. The fourth-order valence-electron chi connectivity index (χ4n) is 5.13. The lowest BCUT2D eigenvalue weighted by atomic mass is 9.87. The molecule has 0 spiro atoms. The van der Waals surface area contributed by atoms with E-state index in [4.69, 9.17) is 0 Å². The molecule has 0 aromatic heterocycles. The molecule has 0 saturated heterocycles. The van der Waals surface area contributed by atoms with Gasteiger partial charge in [-0.15, -0.1) is 0 Å². The van der Waals surface area contributed by atoms with Gasteiger partial charge in [0.25, 0.3) is 0 Å². The summed E-state index contributed by atoms with van der Waals surface area (Å²) in [6.07, 6.45) is 20.1. The van der Waals surface area contributed by atoms with Gasteiger partial charge in [0.05, 0.1) is 0 Å². The van der Waals surface area contributed by atoms with Crippen LogP contribution in [0.1, 0.15) is 130 Å². The molecule has 0 aliphatic heterocycles. The molecule has 0 aromatic carbocycles. The lowest BCUT2D eigenvalue weighted by Crippen LogP contribution is -2.10. The second-order valence-electron chi connectivity index (χ2n) is 11.4. The Hall–Kier alpha value is -1.11. The molecule has 4 fully saturated rings. The number of carbonyl (C=O) groups excluding carboxylic acids is 1. The third-order valence-corrected chi connectivity index (χ3v) is 7.64. The number of Topliss-reactive ketones (excluding diaryl/α,β-unsaturated/α-hetero) is 1. The van der Waals surface area contributed by atoms with Crippen LogP contribution in [0.5, 0.6) is 0 Å². The number of hydrogen-bond donors (Lipinski definition) is 0. The van der Waals surface area contributed by atoms with Gasteiger partial charge in [0, 0.05) is 12.8 Å². The highest BCUT2D eigenvalue weighted by molar-refractivity contribution is 5.78. The molecule has 1 nitrogen and oxygen atoms in total. The highest BCUT2D eigenvalue weighted by atomic mass is 16.1. The minimum Gasteiger partial charge on any atom is -0.300 e. The fraction of sp³-hybridized carbons (Fsp3) is 0.774. The van der Waals surface area contributed by atoms with E-state index in [2.05, 4.69) is 47.4 Å². The molecule has 4 rings (SSSR count). The lowest BCUT2D eigenvalue weighted by molar-refractivity contribution is -0.120. The molecular formula is C31H54O. The summed E-state index contributed by atoms with van der Waals surface area (Å²) < 4.78 is 0. The molecule has 0 heterocycles. The number of carbonyl (C=O) groups is 1. The van der Waals surface area contributed by atoms with Crippen molar-refractivity contribution in [2.24, 2.45) is 23.7 Å². The molecular weight excluding hydrogens is 388 g/mol. The third kappa shape index (κ3) is 14.1. The molecule has 0 amide bonds. The molecule has 0 N–H and O–H groups in total. The second kappa shape index (κ2) is 16.5. The molecule has 4 saturated carbocycles. The molecule has 4 aliphatic carbocycles. The van der Waals surface area contributed by atoms with Crippen LogP contribution in [0.4, 0.5) is 0 Å². The second-order valence-corrected chi connectivity index (χ2v) is 11.4. The molecule has 0 radical (unpaired) electrons. The summed E-state index contributed by atoms with van der Waals surface area (Å²) in [6.45, 7) is 21.0. The van der Waals surface area contributed by atoms with Crippen molar-refractivity contribution in [1.29, 1.82) is 0 Å². The average molecular weight is 443 g/mol. The Balaban J connectivity index is 0.000000213. The standard InChI is InChI=1S/3C8H14.C7H12O/c2*1-7-4-3-5-8(2)6-7;1-7-5-3-4-6-8(7)2;1-6-2-4-7(8)5-3-6/h3*8H,1,3-6H2,2H3;6H,2-5H2,1H3. The maximum atomic E-state index is 10.6. The van der Waals surface area contributed by atoms with E-state index in [0.717, 1.165) is 49.4 Å². The Morgan fingerprint density at radius 3 is 1.34 bits per heavy atom. The number of rotatable bonds is 0. The van der Waals surface area contributed by atoms with Crippen LogP contribution in [0.25, 0.3) is 0 Å². The van der Waals surface area contributed by atoms with Gasteiger partial charge in [0.2, 0.25) is 0 Å². The van der Waals surface area contributed by atoms with E-state index in [1.54, 1.807) is 0 Å². The average Bonchev–Trinajstić information content (AvgIpc) is 2.73. The minimum atomic E-state index is 0.461. The van der Waals surface area contributed by atoms with Crippen molar-refractivity contribution in [3.8, 4) is 0 Å². The topological polar surface area (TPSA) is 17.1 Å². The van der Waals surface area contributed by atoms with Crippen molar-refractivity contribution in [2.45, 2.75) is 130 Å². The van der Waals surface area contributed by atoms with E-state index in [0.29, 0.717) is 5.78 Å². The zero-order chi connectivity index (χ0) is 23.9. The van der Waals surface area contributed by atoms with Crippen LogP contribution in [-0.2, 0) is 4.79 Å². The van der Waals surface area contributed by atoms with E-state index in [9.17, 15) is 4.79 Å². The van der Waals surface area contributed by atoms with Crippen LogP contribution in [0.15, 0.2) is 36.5 Å². The zero-order valence-electron chi connectivity index (χ0n) is 22.2. The maximum Gasteiger partial charge on any atom is 0.132 e. The van der Waals surface area contributed by atoms with Crippen LogP contribution < -0.4 is 0 Å². The summed E-state index contributed by atoms with van der Waals surface area (Å²) >= 11 is 0. The summed E-state index contributed by atoms with van der Waals surface area (Å²) in [4.78, 5) is 10.6. The van der Waals surface area contributed by atoms with Crippen LogP contribution in [0, 0.1) is 23.7 Å². The quantitative estimate of drug-likeness (QED) is 0.341. The van der Waals surface area contributed by atoms with E-state index in [1.807, 2.05) is 0 Å². The van der Waals surface area contributed by atoms with Gasteiger partial charge in [-0.3, -0.25) is 4.79 Å². The minimum absolute atomic E-state index is 0.461. The third-order valence-electron chi connectivity index (χ3n) is 7.64. The van der Waals surface area contributed by atoms with Gasteiger partial charge in [0.15, 0.2) is 0 Å². The Morgan fingerprint density at radius 1 is 0.562 bits per heavy atom. The maximum absolute atomic E-state index is 10.6. The Bertz CT molecular complexity index is 547. The van der Waals surface area contributed by atoms with E-state index >= 15 is 0 Å². The van der Waals surface area contributed by atoms with E-state index in [1.165, 1.54) is 93.8 Å².